The lowest BCUT2D eigenvalue weighted by Crippen LogP contribution is -2.15. The van der Waals surface area contributed by atoms with Crippen molar-refractivity contribution in [2.75, 3.05) is 16.4 Å². The Morgan fingerprint density at radius 3 is 2.41 bits per heavy atom. The number of rotatable bonds is 6. The second-order valence-electron chi connectivity index (χ2n) is 5.83. The molecule has 7 nitrogen and oxygen atoms in total. The smallest absolute Gasteiger partial charge is 0.258 e. The molecule has 138 valence electrons. The zero-order valence-electron chi connectivity index (χ0n) is 14.6. The van der Waals surface area contributed by atoms with E-state index in [1.807, 2.05) is 6.07 Å². The number of benzene rings is 2. The van der Waals surface area contributed by atoms with Crippen LogP contribution in [0.2, 0.25) is 0 Å². The summed E-state index contributed by atoms with van der Waals surface area (Å²) in [6.07, 6.45) is 0. The Bertz CT molecular complexity index is 1030. The number of hydrogen-bond acceptors (Lipinski definition) is 5. The zero-order chi connectivity index (χ0) is 19.2. The predicted octanol–water partition coefficient (Wildman–Crippen LogP) is 2.75. The van der Waals surface area contributed by atoms with E-state index in [-0.39, 0.29) is 23.1 Å². The largest absolute Gasteiger partial charge is 0.326 e. The molecule has 0 radical (unpaired) electrons. The molecule has 3 N–H and O–H groups in total. The highest BCUT2D eigenvalue weighted by molar-refractivity contribution is 7.99. The van der Waals surface area contributed by atoms with E-state index in [0.29, 0.717) is 33.9 Å². The van der Waals surface area contributed by atoms with Gasteiger partial charge in [0.15, 0.2) is 0 Å². The molecule has 3 aromatic rings. The predicted molar refractivity (Wildman–Crippen MR) is 108 cm³/mol. The Morgan fingerprint density at radius 1 is 1.04 bits per heavy atom. The SMILES string of the molecule is CC(=O)Nc1ccc(NC(=O)CSCc2nc3ccccc3c(=O)[nH]2)cc1. The van der Waals surface area contributed by atoms with E-state index in [9.17, 15) is 14.4 Å². The summed E-state index contributed by atoms with van der Waals surface area (Å²) in [4.78, 5) is 42.2. The molecule has 0 unspecified atom stereocenters. The van der Waals surface area contributed by atoms with E-state index < -0.39 is 0 Å². The lowest BCUT2D eigenvalue weighted by molar-refractivity contribution is -0.114. The minimum Gasteiger partial charge on any atom is -0.326 e. The number of carbonyl (C=O) groups excluding carboxylic acids is 2. The monoisotopic (exact) mass is 382 g/mol. The van der Waals surface area contributed by atoms with Crippen LogP contribution in [-0.2, 0) is 15.3 Å². The molecule has 0 atom stereocenters. The van der Waals surface area contributed by atoms with Gasteiger partial charge in [-0.15, -0.1) is 11.8 Å². The molecule has 0 saturated carbocycles. The molecule has 0 fully saturated rings. The molecule has 3 rings (SSSR count). The van der Waals surface area contributed by atoms with E-state index in [1.165, 1.54) is 18.7 Å². The first-order chi connectivity index (χ1) is 13.0. The van der Waals surface area contributed by atoms with Crippen LogP contribution in [0.3, 0.4) is 0 Å². The van der Waals surface area contributed by atoms with Crippen molar-refractivity contribution in [2.45, 2.75) is 12.7 Å². The third-order valence-electron chi connectivity index (χ3n) is 3.62. The summed E-state index contributed by atoms with van der Waals surface area (Å²) >= 11 is 1.36. The molecular formula is C19H18N4O3S. The van der Waals surface area contributed by atoms with Gasteiger partial charge in [-0.1, -0.05) is 12.1 Å². The number of nitrogens with one attached hydrogen (secondary N) is 3. The number of aromatic amines is 1. The first kappa shape index (κ1) is 18.7. The van der Waals surface area contributed by atoms with E-state index in [0.717, 1.165) is 0 Å². The fraction of sp³-hybridized carbons (Fsp3) is 0.158. The first-order valence-corrected chi connectivity index (χ1v) is 9.40. The number of thioether (sulfide) groups is 1. The summed E-state index contributed by atoms with van der Waals surface area (Å²) in [6.45, 7) is 1.44. The van der Waals surface area contributed by atoms with Gasteiger partial charge in [-0.25, -0.2) is 4.98 Å². The molecule has 0 bridgehead atoms. The maximum atomic E-state index is 12.1. The number of para-hydroxylation sites is 1. The summed E-state index contributed by atoms with van der Waals surface area (Å²) in [5.41, 5.74) is 1.77. The summed E-state index contributed by atoms with van der Waals surface area (Å²) in [7, 11) is 0. The number of amides is 2. The topological polar surface area (TPSA) is 104 Å². The molecule has 2 amide bonds. The van der Waals surface area contributed by atoms with Gasteiger partial charge in [0.25, 0.3) is 5.56 Å². The van der Waals surface area contributed by atoms with Crippen LogP contribution < -0.4 is 16.2 Å². The van der Waals surface area contributed by atoms with Crippen LogP contribution in [0.25, 0.3) is 10.9 Å². The van der Waals surface area contributed by atoms with Crippen LogP contribution in [0.4, 0.5) is 11.4 Å². The van der Waals surface area contributed by atoms with Gasteiger partial charge in [-0.05, 0) is 36.4 Å². The molecule has 2 aromatic carbocycles. The summed E-state index contributed by atoms with van der Waals surface area (Å²) in [6, 6.07) is 14.0. The average Bonchev–Trinajstić information content (AvgIpc) is 2.63. The van der Waals surface area contributed by atoms with Crippen molar-refractivity contribution in [1.29, 1.82) is 0 Å². The number of aromatic nitrogens is 2. The minimum absolute atomic E-state index is 0.150. The van der Waals surface area contributed by atoms with Gasteiger partial charge in [-0.2, -0.15) is 0 Å². The Morgan fingerprint density at radius 2 is 1.70 bits per heavy atom. The number of fused-ring (bicyclic) bond motifs is 1. The molecule has 0 aliphatic rings. The number of anilines is 2. The lowest BCUT2D eigenvalue weighted by Gasteiger charge is -2.07. The van der Waals surface area contributed by atoms with Gasteiger partial charge >= 0.3 is 0 Å². The minimum atomic E-state index is -0.181. The fourth-order valence-electron chi connectivity index (χ4n) is 2.48. The Kier molecular flexibility index (Phi) is 5.87. The first-order valence-electron chi connectivity index (χ1n) is 8.24. The molecule has 1 aromatic heterocycles. The maximum Gasteiger partial charge on any atom is 0.258 e. The van der Waals surface area contributed by atoms with Gasteiger partial charge in [0.2, 0.25) is 11.8 Å². The molecule has 0 aliphatic carbocycles. The van der Waals surface area contributed by atoms with Crippen molar-refractivity contribution >= 4 is 45.9 Å². The van der Waals surface area contributed by atoms with Crippen LogP contribution in [-0.4, -0.2) is 27.5 Å². The standard InChI is InChI=1S/C19H18N4O3S/c1-12(24)20-13-6-8-14(9-7-13)21-18(25)11-27-10-17-22-16-5-3-2-4-15(16)19(26)23-17/h2-9H,10-11H2,1H3,(H,20,24)(H,21,25)(H,22,23,26). The van der Waals surface area contributed by atoms with Crippen molar-refractivity contribution in [3.63, 3.8) is 0 Å². The molecule has 8 heteroatoms. The third kappa shape index (κ3) is 5.18. The normalized spacial score (nSPS) is 10.6. The van der Waals surface area contributed by atoms with E-state index >= 15 is 0 Å². The molecular weight excluding hydrogens is 364 g/mol. The highest BCUT2D eigenvalue weighted by Gasteiger charge is 2.06. The molecule has 0 spiro atoms. The quantitative estimate of drug-likeness (QED) is 0.608. The molecule has 0 aliphatic heterocycles. The van der Waals surface area contributed by atoms with Crippen LogP contribution in [0.5, 0.6) is 0 Å². The van der Waals surface area contributed by atoms with Crippen molar-refractivity contribution in [2.24, 2.45) is 0 Å². The Labute approximate surface area is 159 Å². The number of hydrogen-bond donors (Lipinski definition) is 3. The van der Waals surface area contributed by atoms with Crippen LogP contribution in [0.1, 0.15) is 12.7 Å². The van der Waals surface area contributed by atoms with Gasteiger partial charge in [0.1, 0.15) is 5.82 Å². The number of carbonyl (C=O) groups is 2. The second kappa shape index (κ2) is 8.50. The van der Waals surface area contributed by atoms with Crippen LogP contribution in [0.15, 0.2) is 53.3 Å². The molecule has 0 saturated heterocycles. The highest BCUT2D eigenvalue weighted by atomic mass is 32.2. The maximum absolute atomic E-state index is 12.1. The Hall–Kier alpha value is -3.13. The summed E-state index contributed by atoms with van der Waals surface area (Å²) in [5.74, 6) is 0.883. The van der Waals surface area contributed by atoms with Crippen molar-refractivity contribution in [3.05, 3.63) is 64.7 Å². The van der Waals surface area contributed by atoms with Gasteiger partial charge in [0, 0.05) is 18.3 Å². The van der Waals surface area contributed by atoms with Crippen molar-refractivity contribution in [3.8, 4) is 0 Å². The molecule has 1 heterocycles. The van der Waals surface area contributed by atoms with Gasteiger partial charge < -0.3 is 15.6 Å². The van der Waals surface area contributed by atoms with Crippen molar-refractivity contribution in [1.82, 2.24) is 9.97 Å². The second-order valence-corrected chi connectivity index (χ2v) is 6.81. The van der Waals surface area contributed by atoms with Gasteiger partial charge in [0.05, 0.1) is 22.4 Å². The third-order valence-corrected chi connectivity index (χ3v) is 4.57. The lowest BCUT2D eigenvalue weighted by atomic mass is 10.2. The zero-order valence-corrected chi connectivity index (χ0v) is 15.4. The van der Waals surface area contributed by atoms with E-state index in [1.54, 1.807) is 42.5 Å². The van der Waals surface area contributed by atoms with E-state index in [4.69, 9.17) is 0 Å². The number of nitrogens with zero attached hydrogens (tertiary/aromatic N) is 1. The summed E-state index contributed by atoms with van der Waals surface area (Å²) < 4.78 is 0. The van der Waals surface area contributed by atoms with E-state index in [2.05, 4.69) is 20.6 Å². The van der Waals surface area contributed by atoms with Crippen LogP contribution in [0, 0.1) is 0 Å². The Balaban J connectivity index is 1.52. The van der Waals surface area contributed by atoms with Crippen LogP contribution >= 0.6 is 11.8 Å². The fourth-order valence-corrected chi connectivity index (χ4v) is 3.17. The number of H-pyrrole nitrogens is 1. The summed E-state index contributed by atoms with van der Waals surface area (Å²) in [5, 5.41) is 6.00. The van der Waals surface area contributed by atoms with Crippen molar-refractivity contribution < 1.29 is 9.59 Å². The average molecular weight is 382 g/mol. The van der Waals surface area contributed by atoms with Gasteiger partial charge in [-0.3, -0.25) is 14.4 Å². The molecule has 27 heavy (non-hydrogen) atoms. The highest BCUT2D eigenvalue weighted by Crippen LogP contribution is 2.15.